The number of benzene rings is 1. The Bertz CT molecular complexity index is 519. The molecule has 1 rings (SSSR count). The van der Waals surface area contributed by atoms with E-state index in [-0.39, 0.29) is 5.97 Å². The fraction of sp³-hybridized carbons (Fsp3) is 0.533. The standard InChI is InChI=1S/C15H21BrO3/c1-8-9(2)13(18-6)11(10(3)12(8)16)15(4,5)14(17)19-7/h1-7H3. The highest BCUT2D eigenvalue weighted by Crippen LogP contribution is 2.42. The molecule has 1 aromatic rings. The molecular weight excluding hydrogens is 308 g/mol. The summed E-state index contributed by atoms with van der Waals surface area (Å²) in [5.41, 5.74) is 3.28. The van der Waals surface area contributed by atoms with Gasteiger partial charge in [-0.3, -0.25) is 4.79 Å². The molecule has 0 radical (unpaired) electrons. The molecule has 0 saturated carbocycles. The van der Waals surface area contributed by atoms with Gasteiger partial charge in [0.25, 0.3) is 0 Å². The van der Waals surface area contributed by atoms with Crippen LogP contribution in [0.3, 0.4) is 0 Å². The van der Waals surface area contributed by atoms with E-state index in [0.717, 1.165) is 32.5 Å². The summed E-state index contributed by atoms with van der Waals surface area (Å²) in [5.74, 6) is 0.484. The largest absolute Gasteiger partial charge is 0.496 e. The molecular formula is C15H21BrO3. The van der Waals surface area contributed by atoms with Crippen molar-refractivity contribution >= 4 is 21.9 Å². The smallest absolute Gasteiger partial charge is 0.315 e. The number of hydrogen-bond donors (Lipinski definition) is 0. The van der Waals surface area contributed by atoms with Crippen LogP contribution in [0.4, 0.5) is 0 Å². The summed E-state index contributed by atoms with van der Waals surface area (Å²) in [7, 11) is 3.04. The lowest BCUT2D eigenvalue weighted by Crippen LogP contribution is -2.32. The minimum Gasteiger partial charge on any atom is -0.496 e. The normalized spacial score (nSPS) is 11.4. The van der Waals surface area contributed by atoms with Crippen molar-refractivity contribution in [2.45, 2.75) is 40.0 Å². The Labute approximate surface area is 123 Å². The molecule has 0 atom stereocenters. The van der Waals surface area contributed by atoms with E-state index < -0.39 is 5.41 Å². The lowest BCUT2D eigenvalue weighted by molar-refractivity contribution is -0.146. The van der Waals surface area contributed by atoms with Crippen molar-refractivity contribution in [2.24, 2.45) is 0 Å². The van der Waals surface area contributed by atoms with E-state index >= 15 is 0 Å². The van der Waals surface area contributed by atoms with Crippen LogP contribution in [0.2, 0.25) is 0 Å². The van der Waals surface area contributed by atoms with Crippen LogP contribution in [0.1, 0.15) is 36.1 Å². The summed E-state index contributed by atoms with van der Waals surface area (Å²) in [4.78, 5) is 12.1. The molecule has 3 nitrogen and oxygen atoms in total. The Kier molecular flexibility index (Phi) is 4.67. The maximum Gasteiger partial charge on any atom is 0.315 e. The first-order valence-electron chi connectivity index (χ1n) is 6.12. The Morgan fingerprint density at radius 3 is 2.00 bits per heavy atom. The fourth-order valence-electron chi connectivity index (χ4n) is 2.45. The van der Waals surface area contributed by atoms with Crippen LogP contribution in [0.5, 0.6) is 5.75 Å². The van der Waals surface area contributed by atoms with Crippen molar-refractivity contribution in [1.82, 2.24) is 0 Å². The van der Waals surface area contributed by atoms with Gasteiger partial charge in [-0.25, -0.2) is 0 Å². The highest BCUT2D eigenvalue weighted by molar-refractivity contribution is 9.10. The van der Waals surface area contributed by atoms with E-state index in [1.807, 2.05) is 34.6 Å². The number of carbonyl (C=O) groups is 1. The quantitative estimate of drug-likeness (QED) is 0.791. The number of esters is 1. The first kappa shape index (κ1) is 16.0. The number of rotatable bonds is 3. The van der Waals surface area contributed by atoms with Crippen molar-refractivity contribution < 1.29 is 14.3 Å². The molecule has 0 aliphatic rings. The predicted octanol–water partition coefficient (Wildman–Crippen LogP) is 3.83. The molecule has 0 amide bonds. The van der Waals surface area contributed by atoms with Crippen LogP contribution >= 0.6 is 15.9 Å². The van der Waals surface area contributed by atoms with Gasteiger partial charge in [0.15, 0.2) is 0 Å². The summed E-state index contributed by atoms with van der Waals surface area (Å²) in [6.45, 7) is 9.72. The Morgan fingerprint density at radius 2 is 1.58 bits per heavy atom. The maximum atomic E-state index is 12.1. The third-order valence-corrected chi connectivity index (χ3v) is 4.88. The summed E-state index contributed by atoms with van der Waals surface area (Å²) in [6, 6.07) is 0. The van der Waals surface area contributed by atoms with Crippen molar-refractivity contribution in [3.05, 3.63) is 26.7 Å². The first-order chi connectivity index (χ1) is 8.69. The Balaban J connectivity index is 3.73. The number of carbonyl (C=O) groups excluding carboxylic acids is 1. The van der Waals surface area contributed by atoms with E-state index in [2.05, 4.69) is 15.9 Å². The van der Waals surface area contributed by atoms with Crippen molar-refractivity contribution in [3.63, 3.8) is 0 Å². The van der Waals surface area contributed by atoms with Gasteiger partial charge in [-0.1, -0.05) is 15.9 Å². The van der Waals surface area contributed by atoms with Crippen LogP contribution in [-0.2, 0) is 14.9 Å². The van der Waals surface area contributed by atoms with Crippen molar-refractivity contribution in [3.8, 4) is 5.75 Å². The van der Waals surface area contributed by atoms with E-state index in [9.17, 15) is 4.79 Å². The molecule has 106 valence electrons. The average molecular weight is 329 g/mol. The predicted molar refractivity (Wildman–Crippen MR) is 79.9 cm³/mol. The van der Waals surface area contributed by atoms with Gasteiger partial charge in [0.1, 0.15) is 5.75 Å². The third-order valence-electron chi connectivity index (χ3n) is 3.69. The minimum atomic E-state index is -0.759. The zero-order valence-electron chi connectivity index (χ0n) is 12.6. The van der Waals surface area contributed by atoms with Crippen LogP contribution in [-0.4, -0.2) is 20.2 Å². The number of ether oxygens (including phenoxy) is 2. The van der Waals surface area contributed by atoms with E-state index in [1.54, 1.807) is 7.11 Å². The molecule has 0 spiro atoms. The fourth-order valence-corrected chi connectivity index (χ4v) is 2.94. The zero-order chi connectivity index (χ0) is 15.0. The van der Waals surface area contributed by atoms with E-state index in [1.165, 1.54) is 7.11 Å². The van der Waals surface area contributed by atoms with E-state index in [4.69, 9.17) is 9.47 Å². The molecule has 0 unspecified atom stereocenters. The van der Waals surface area contributed by atoms with Gasteiger partial charge in [-0.2, -0.15) is 0 Å². The monoisotopic (exact) mass is 328 g/mol. The maximum absolute atomic E-state index is 12.1. The molecule has 1 aromatic carbocycles. The second-order valence-corrected chi connectivity index (χ2v) is 6.01. The summed E-state index contributed by atoms with van der Waals surface area (Å²) in [5, 5.41) is 0. The van der Waals surface area contributed by atoms with Gasteiger partial charge in [0.05, 0.1) is 19.6 Å². The molecule has 19 heavy (non-hydrogen) atoms. The highest BCUT2D eigenvalue weighted by atomic mass is 79.9. The summed E-state index contributed by atoms with van der Waals surface area (Å²) in [6.07, 6.45) is 0. The lowest BCUT2D eigenvalue weighted by atomic mass is 9.79. The van der Waals surface area contributed by atoms with Crippen LogP contribution in [0, 0.1) is 20.8 Å². The molecule has 0 aromatic heterocycles. The topological polar surface area (TPSA) is 35.5 Å². The number of halogens is 1. The van der Waals surface area contributed by atoms with Gasteiger partial charge in [0.2, 0.25) is 0 Å². The zero-order valence-corrected chi connectivity index (χ0v) is 14.2. The third kappa shape index (κ3) is 2.50. The second kappa shape index (κ2) is 5.53. The second-order valence-electron chi connectivity index (χ2n) is 5.21. The Hall–Kier alpha value is -1.03. The summed E-state index contributed by atoms with van der Waals surface area (Å²) < 4.78 is 11.5. The molecule has 0 saturated heterocycles. The Morgan fingerprint density at radius 1 is 1.05 bits per heavy atom. The van der Waals surface area contributed by atoms with Gasteiger partial charge >= 0.3 is 5.97 Å². The molecule has 4 heteroatoms. The molecule has 0 aliphatic heterocycles. The highest BCUT2D eigenvalue weighted by Gasteiger charge is 2.37. The van der Waals surface area contributed by atoms with Gasteiger partial charge < -0.3 is 9.47 Å². The minimum absolute atomic E-state index is 0.274. The van der Waals surface area contributed by atoms with Gasteiger partial charge in [0, 0.05) is 10.0 Å². The molecule has 0 aliphatic carbocycles. The van der Waals surface area contributed by atoms with Crippen LogP contribution in [0.25, 0.3) is 0 Å². The van der Waals surface area contributed by atoms with Crippen LogP contribution in [0.15, 0.2) is 4.47 Å². The lowest BCUT2D eigenvalue weighted by Gasteiger charge is -2.29. The summed E-state index contributed by atoms with van der Waals surface area (Å²) >= 11 is 3.60. The molecule has 0 heterocycles. The number of hydrogen-bond acceptors (Lipinski definition) is 3. The molecule has 0 N–H and O–H groups in total. The first-order valence-corrected chi connectivity index (χ1v) is 6.91. The molecule has 0 bridgehead atoms. The van der Waals surface area contributed by atoms with Crippen molar-refractivity contribution in [1.29, 1.82) is 0 Å². The van der Waals surface area contributed by atoms with E-state index in [0.29, 0.717) is 0 Å². The number of methoxy groups -OCH3 is 2. The van der Waals surface area contributed by atoms with Gasteiger partial charge in [-0.15, -0.1) is 0 Å². The van der Waals surface area contributed by atoms with Crippen LogP contribution < -0.4 is 4.74 Å². The average Bonchev–Trinajstić information content (AvgIpc) is 2.38. The van der Waals surface area contributed by atoms with Gasteiger partial charge in [-0.05, 0) is 51.3 Å². The molecule has 0 fully saturated rings. The van der Waals surface area contributed by atoms with Crippen molar-refractivity contribution in [2.75, 3.05) is 14.2 Å². The SMILES string of the molecule is COC(=O)C(C)(C)c1c(C)c(Br)c(C)c(C)c1OC.